The summed E-state index contributed by atoms with van der Waals surface area (Å²) in [6.07, 6.45) is 6.81. The molecule has 4 heterocycles. The highest BCUT2D eigenvalue weighted by Gasteiger charge is 2.24. The smallest absolute Gasteiger partial charge is 0.322 e. The maximum absolute atomic E-state index is 15.7. The number of fused-ring (bicyclic) bond motifs is 1. The summed E-state index contributed by atoms with van der Waals surface area (Å²) in [6.45, 7) is 7.05. The Labute approximate surface area is 261 Å². The third-order valence-electron chi connectivity index (χ3n) is 6.98. The summed E-state index contributed by atoms with van der Waals surface area (Å²) in [5.74, 6) is -0.810. The van der Waals surface area contributed by atoms with Gasteiger partial charge in [0.05, 0.1) is 17.8 Å². The summed E-state index contributed by atoms with van der Waals surface area (Å²) in [7, 11) is 1.82. The lowest BCUT2D eigenvalue weighted by atomic mass is 9.95. The molecule has 1 amide bonds. The molecule has 10 nitrogen and oxygen atoms in total. The molecule has 0 bridgehead atoms. The van der Waals surface area contributed by atoms with Crippen molar-refractivity contribution >= 4 is 38.8 Å². The van der Waals surface area contributed by atoms with Crippen LogP contribution in [0.3, 0.4) is 0 Å². The Morgan fingerprint density at radius 2 is 1.96 bits per heavy atom. The number of nitrogens with one attached hydrogen (secondary N) is 1. The van der Waals surface area contributed by atoms with Crippen molar-refractivity contribution in [1.82, 2.24) is 24.7 Å². The highest BCUT2D eigenvalue weighted by atomic mass is 32.1. The second-order valence-electron chi connectivity index (χ2n) is 10.3. The summed E-state index contributed by atoms with van der Waals surface area (Å²) >= 11 is 1.40. The van der Waals surface area contributed by atoms with Gasteiger partial charge in [-0.2, -0.15) is 10.4 Å². The molecule has 0 aliphatic rings. The zero-order chi connectivity index (χ0) is 31.8. The number of carbonyl (C=O) groups is 1. The first kappa shape index (κ1) is 29.2. The van der Waals surface area contributed by atoms with Gasteiger partial charge in [-0.3, -0.25) is 9.48 Å². The average molecular weight is 617 g/mol. The average Bonchev–Trinajstić information content (AvgIpc) is 3.63. The van der Waals surface area contributed by atoms with E-state index in [1.807, 2.05) is 13.2 Å². The molecule has 0 radical (unpaired) electrons. The largest absolute Gasteiger partial charge is 0.421 e. The number of ether oxygens (including phenoxy) is 1. The predicted octanol–water partition coefficient (Wildman–Crippen LogP) is 7.03. The highest BCUT2D eigenvalue weighted by Crippen LogP contribution is 2.50. The van der Waals surface area contributed by atoms with Crippen LogP contribution >= 0.6 is 11.3 Å². The lowest BCUT2D eigenvalue weighted by molar-refractivity contribution is -0.112. The third kappa shape index (κ3) is 5.60. The Bertz CT molecular complexity index is 2200. The number of nitriles is 1. The number of amides is 1. The number of aryl methyl sites for hydroxylation is 2. The summed E-state index contributed by atoms with van der Waals surface area (Å²) in [4.78, 5) is 25.7. The Kier molecular flexibility index (Phi) is 7.53. The molecule has 45 heavy (non-hydrogen) atoms. The number of nitrogens with zero attached hydrogens (tertiary/aromatic N) is 6. The van der Waals surface area contributed by atoms with Crippen LogP contribution < -0.4 is 15.8 Å². The molecule has 6 rings (SSSR count). The van der Waals surface area contributed by atoms with Crippen LogP contribution in [0, 0.1) is 24.1 Å². The van der Waals surface area contributed by atoms with Crippen molar-refractivity contribution in [3.05, 3.63) is 96.5 Å². The third-order valence-corrected chi connectivity index (χ3v) is 8.24. The number of hydrogen-bond donors (Lipinski definition) is 2. The maximum atomic E-state index is 15.7. The van der Waals surface area contributed by atoms with Crippen LogP contribution in [0.25, 0.3) is 42.8 Å². The molecule has 0 atom stereocenters. The van der Waals surface area contributed by atoms with Crippen LogP contribution in [0.15, 0.2) is 79.4 Å². The van der Waals surface area contributed by atoms with Gasteiger partial charge in [-0.25, -0.2) is 19.3 Å². The van der Waals surface area contributed by atoms with Crippen LogP contribution in [0.4, 0.5) is 15.9 Å². The molecule has 0 saturated carbocycles. The van der Waals surface area contributed by atoms with Gasteiger partial charge in [-0.05, 0) is 49.7 Å². The number of halogens is 1. The van der Waals surface area contributed by atoms with Crippen molar-refractivity contribution in [1.29, 1.82) is 5.26 Å². The molecular formula is C33H25FN8O2S. The van der Waals surface area contributed by atoms with Crippen molar-refractivity contribution in [3.63, 3.8) is 0 Å². The first-order valence-electron chi connectivity index (χ1n) is 13.6. The predicted molar refractivity (Wildman–Crippen MR) is 172 cm³/mol. The van der Waals surface area contributed by atoms with Gasteiger partial charge in [0, 0.05) is 79.8 Å². The van der Waals surface area contributed by atoms with Gasteiger partial charge >= 0.3 is 6.01 Å². The first-order valence-corrected chi connectivity index (χ1v) is 14.4. The molecule has 12 heteroatoms. The quantitative estimate of drug-likeness (QED) is 0.182. The normalized spacial score (nSPS) is 10.9. The summed E-state index contributed by atoms with van der Waals surface area (Å²) in [5, 5.41) is 17.9. The summed E-state index contributed by atoms with van der Waals surface area (Å²) in [6, 6.07) is 13.6. The molecule has 4 aromatic heterocycles. The van der Waals surface area contributed by atoms with E-state index in [1.165, 1.54) is 29.7 Å². The Hall–Kier alpha value is -5.93. The zero-order valence-corrected chi connectivity index (χ0v) is 25.2. The van der Waals surface area contributed by atoms with Crippen LogP contribution in [-0.4, -0.2) is 30.6 Å². The Balaban J connectivity index is 1.56. The highest BCUT2D eigenvalue weighted by molar-refractivity contribution is 7.23. The van der Waals surface area contributed by atoms with Gasteiger partial charge in [0.2, 0.25) is 0 Å². The number of carbonyl (C=O) groups excluding carboxylic acids is 1. The van der Waals surface area contributed by atoms with Crippen molar-refractivity contribution in [2.45, 2.75) is 13.8 Å². The van der Waals surface area contributed by atoms with Crippen molar-refractivity contribution < 1.29 is 13.9 Å². The van der Waals surface area contributed by atoms with E-state index in [-0.39, 0.29) is 23.5 Å². The van der Waals surface area contributed by atoms with Crippen LogP contribution in [0.5, 0.6) is 11.8 Å². The van der Waals surface area contributed by atoms with Gasteiger partial charge in [0.1, 0.15) is 5.82 Å². The molecule has 0 aliphatic carbocycles. The molecule has 2 aromatic carbocycles. The van der Waals surface area contributed by atoms with Crippen LogP contribution in [-0.2, 0) is 11.8 Å². The van der Waals surface area contributed by atoms with E-state index in [9.17, 15) is 10.1 Å². The van der Waals surface area contributed by atoms with Crippen molar-refractivity contribution in [3.8, 4) is 50.5 Å². The number of anilines is 2. The second kappa shape index (κ2) is 11.6. The second-order valence-corrected chi connectivity index (χ2v) is 11.3. The van der Waals surface area contributed by atoms with Crippen molar-refractivity contribution in [2.24, 2.45) is 7.05 Å². The minimum absolute atomic E-state index is 0.0235. The van der Waals surface area contributed by atoms with Crippen LogP contribution in [0.1, 0.15) is 18.2 Å². The lowest BCUT2D eigenvalue weighted by Gasteiger charge is -2.12. The fraction of sp³-hybridized carbons (Fsp3) is 0.0909. The van der Waals surface area contributed by atoms with Crippen molar-refractivity contribution in [2.75, 3.05) is 11.1 Å². The number of benzene rings is 2. The number of rotatable bonds is 7. The lowest BCUT2D eigenvalue weighted by Crippen LogP contribution is -2.11. The zero-order valence-electron chi connectivity index (χ0n) is 24.4. The number of pyridine rings is 1. The molecule has 0 spiro atoms. The van der Waals surface area contributed by atoms with E-state index in [0.29, 0.717) is 49.5 Å². The Morgan fingerprint density at radius 3 is 2.64 bits per heavy atom. The standard InChI is InChI=1S/C33H25FN8O2S/c1-17(2)32(43)41-22-6-7-23(20(11-22)13-35)29-27(19-5-8-26(25(34)12-19)44-33-37-10-9-18(3)40-33)28-30(45-29)24(15-38-31(28)36)21-14-39-42(4)16-21/h5-12,14-16H,1H2,2-4H3,(H2,36,38)(H,41,43). The number of aromatic nitrogens is 5. The molecule has 3 N–H and O–H groups in total. The first-order chi connectivity index (χ1) is 21.6. The minimum atomic E-state index is -0.642. The van der Waals surface area contributed by atoms with Gasteiger partial charge in [0.15, 0.2) is 11.6 Å². The molecule has 0 fully saturated rings. The summed E-state index contributed by atoms with van der Waals surface area (Å²) in [5.41, 5.74) is 11.5. The molecule has 0 unspecified atom stereocenters. The fourth-order valence-corrected chi connectivity index (χ4v) is 6.22. The van der Waals surface area contributed by atoms with E-state index in [1.54, 1.807) is 61.3 Å². The molecule has 0 aliphatic heterocycles. The molecule has 6 aromatic rings. The SMILES string of the molecule is C=C(C)C(=O)Nc1ccc(-c2sc3c(-c4cnn(C)c4)cnc(N)c3c2-c2ccc(Oc3nccc(C)n3)c(F)c2)c(C#N)c1. The number of hydrogen-bond acceptors (Lipinski definition) is 9. The molecule has 222 valence electrons. The molecule has 0 saturated heterocycles. The van der Waals surface area contributed by atoms with E-state index in [2.05, 4.69) is 38.0 Å². The topological polar surface area (TPSA) is 145 Å². The van der Waals surface area contributed by atoms with E-state index in [4.69, 9.17) is 10.5 Å². The van der Waals surface area contributed by atoms with E-state index < -0.39 is 5.82 Å². The number of nitrogens with two attached hydrogens (primary N) is 1. The van der Waals surface area contributed by atoms with Gasteiger partial charge in [0.25, 0.3) is 5.91 Å². The van der Waals surface area contributed by atoms with Gasteiger partial charge in [-0.15, -0.1) is 11.3 Å². The summed E-state index contributed by atoms with van der Waals surface area (Å²) < 4.78 is 23.8. The molecular weight excluding hydrogens is 591 g/mol. The Morgan fingerprint density at radius 1 is 1.13 bits per heavy atom. The number of nitrogen functional groups attached to an aromatic ring is 1. The van der Waals surface area contributed by atoms with Gasteiger partial charge in [-0.1, -0.05) is 18.7 Å². The van der Waals surface area contributed by atoms with E-state index >= 15 is 4.39 Å². The maximum Gasteiger partial charge on any atom is 0.322 e. The monoisotopic (exact) mass is 616 g/mol. The fourth-order valence-electron chi connectivity index (χ4n) is 4.82. The number of thiophene rings is 1. The van der Waals surface area contributed by atoms with Gasteiger partial charge < -0.3 is 15.8 Å². The minimum Gasteiger partial charge on any atom is -0.421 e. The van der Waals surface area contributed by atoms with Crippen LogP contribution in [0.2, 0.25) is 0 Å². The van der Waals surface area contributed by atoms with E-state index in [0.717, 1.165) is 15.8 Å².